The molecule has 0 saturated carbocycles. The maximum Gasteiger partial charge on any atom is 0.161 e. The fourth-order valence-electron chi connectivity index (χ4n) is 1.82. The van der Waals surface area contributed by atoms with Gasteiger partial charge in [0.25, 0.3) is 0 Å². The van der Waals surface area contributed by atoms with E-state index in [9.17, 15) is 5.11 Å². The van der Waals surface area contributed by atoms with Crippen molar-refractivity contribution in [3.8, 4) is 11.5 Å². The quantitative estimate of drug-likeness (QED) is 0.456. The summed E-state index contributed by atoms with van der Waals surface area (Å²) in [4.78, 5) is 0. The number of ether oxygens (including phenoxy) is 3. The van der Waals surface area contributed by atoms with Gasteiger partial charge in [-0.3, -0.25) is 0 Å². The van der Waals surface area contributed by atoms with Gasteiger partial charge >= 0.3 is 0 Å². The first kappa shape index (κ1) is 19.2. The molecule has 0 unspecified atom stereocenters. The number of benzene rings is 1. The number of aliphatic hydroxyl groups is 1. The lowest BCUT2D eigenvalue weighted by Gasteiger charge is -2.13. The maximum atomic E-state index is 9.76. The average molecular weight is 321 g/mol. The molecule has 0 heterocycles. The van der Waals surface area contributed by atoms with Gasteiger partial charge in [-0.15, -0.1) is 0 Å². The number of allylic oxidation sites excluding steroid dienone is 3. The van der Waals surface area contributed by atoms with Crippen molar-refractivity contribution in [2.24, 2.45) is 0 Å². The van der Waals surface area contributed by atoms with E-state index in [4.69, 9.17) is 14.2 Å². The third-order valence-electron chi connectivity index (χ3n) is 2.95. The normalized spacial score (nSPS) is 12.8. The number of hydrogen-bond acceptors (Lipinski definition) is 5. The van der Waals surface area contributed by atoms with Gasteiger partial charge in [0.1, 0.15) is 6.61 Å². The van der Waals surface area contributed by atoms with Crippen LogP contribution in [0.3, 0.4) is 0 Å². The molecular weight excluding hydrogens is 294 g/mol. The van der Waals surface area contributed by atoms with Crippen LogP contribution < -0.4 is 14.8 Å². The summed E-state index contributed by atoms with van der Waals surface area (Å²) in [5, 5.41) is 12.9. The topological polar surface area (TPSA) is 60.0 Å². The summed E-state index contributed by atoms with van der Waals surface area (Å²) < 4.78 is 16.2. The second-order valence-corrected chi connectivity index (χ2v) is 4.85. The molecule has 0 aliphatic heterocycles. The predicted molar refractivity (Wildman–Crippen MR) is 92.1 cm³/mol. The van der Waals surface area contributed by atoms with Crippen LogP contribution in [0.5, 0.6) is 11.5 Å². The van der Waals surface area contributed by atoms with E-state index in [0.717, 1.165) is 0 Å². The predicted octanol–water partition coefficient (Wildman–Crippen LogP) is 2.17. The molecule has 0 aliphatic rings. The summed E-state index contributed by atoms with van der Waals surface area (Å²) in [7, 11) is 1.62. The Morgan fingerprint density at radius 1 is 1.22 bits per heavy atom. The van der Waals surface area contributed by atoms with Gasteiger partial charge in [0, 0.05) is 13.1 Å². The molecule has 1 aromatic rings. The first-order chi connectivity index (χ1) is 11.3. The molecule has 5 nitrogen and oxygen atoms in total. The summed E-state index contributed by atoms with van der Waals surface area (Å²) in [6.45, 7) is 4.36. The Bertz CT molecular complexity index is 474. The zero-order valence-corrected chi connectivity index (χ0v) is 13.9. The van der Waals surface area contributed by atoms with Gasteiger partial charge in [-0.05, 0) is 19.1 Å². The van der Waals surface area contributed by atoms with Crippen molar-refractivity contribution in [3.05, 3.63) is 48.6 Å². The first-order valence-electron chi connectivity index (χ1n) is 7.78. The molecule has 0 bridgehead atoms. The maximum absolute atomic E-state index is 9.76. The second kappa shape index (κ2) is 12.7. The lowest BCUT2D eigenvalue weighted by molar-refractivity contribution is 0.0490. The minimum absolute atomic E-state index is 0.306. The molecule has 128 valence electrons. The summed E-state index contributed by atoms with van der Waals surface area (Å²) in [5.41, 5.74) is 0. The van der Waals surface area contributed by atoms with Crippen molar-refractivity contribution >= 4 is 0 Å². The van der Waals surface area contributed by atoms with E-state index in [1.54, 1.807) is 7.11 Å². The smallest absolute Gasteiger partial charge is 0.161 e. The van der Waals surface area contributed by atoms with Crippen LogP contribution in [0.4, 0.5) is 0 Å². The molecule has 1 rings (SSSR count). The molecule has 0 aliphatic carbocycles. The molecule has 5 heteroatoms. The highest BCUT2D eigenvalue weighted by Crippen LogP contribution is 2.25. The third-order valence-corrected chi connectivity index (χ3v) is 2.95. The Kier molecular flexibility index (Phi) is 10.6. The van der Waals surface area contributed by atoms with E-state index in [0.29, 0.717) is 44.4 Å². The fourth-order valence-corrected chi connectivity index (χ4v) is 1.82. The summed E-state index contributed by atoms with van der Waals surface area (Å²) in [6.07, 6.45) is 7.17. The number of rotatable bonds is 12. The van der Waals surface area contributed by atoms with E-state index < -0.39 is 6.10 Å². The van der Waals surface area contributed by atoms with Gasteiger partial charge in [0.15, 0.2) is 11.5 Å². The lowest BCUT2D eigenvalue weighted by Crippen LogP contribution is -2.32. The largest absolute Gasteiger partial charge is 0.493 e. The second-order valence-electron chi connectivity index (χ2n) is 4.85. The molecule has 0 radical (unpaired) electrons. The van der Waals surface area contributed by atoms with Crippen LogP contribution in [0.15, 0.2) is 48.6 Å². The number of nitrogens with one attached hydrogen (secondary N) is 1. The van der Waals surface area contributed by atoms with Gasteiger partial charge in [-0.1, -0.05) is 36.4 Å². The van der Waals surface area contributed by atoms with Crippen LogP contribution in [0.1, 0.15) is 6.92 Å². The Labute approximate surface area is 138 Å². The number of methoxy groups -OCH3 is 1. The molecule has 0 fully saturated rings. The number of hydrogen-bond donors (Lipinski definition) is 2. The molecule has 0 aromatic heterocycles. The van der Waals surface area contributed by atoms with Crippen LogP contribution in [-0.2, 0) is 4.74 Å². The third kappa shape index (κ3) is 9.03. The molecule has 0 amide bonds. The first-order valence-corrected chi connectivity index (χ1v) is 7.78. The van der Waals surface area contributed by atoms with Crippen LogP contribution in [0.2, 0.25) is 0 Å². The fraction of sp³-hybridized carbons (Fsp3) is 0.444. The van der Waals surface area contributed by atoms with Gasteiger partial charge in [0.2, 0.25) is 0 Å². The van der Waals surface area contributed by atoms with E-state index in [2.05, 4.69) is 5.32 Å². The highest BCUT2D eigenvalue weighted by Gasteiger charge is 2.04. The summed E-state index contributed by atoms with van der Waals surface area (Å²) in [5.74, 6) is 1.43. The average Bonchev–Trinajstić information content (AvgIpc) is 2.58. The molecule has 0 saturated heterocycles. The Hall–Kier alpha value is -1.82. The van der Waals surface area contributed by atoms with Crippen LogP contribution in [0, 0.1) is 0 Å². The molecule has 0 spiro atoms. The van der Waals surface area contributed by atoms with E-state index in [1.807, 2.05) is 55.5 Å². The van der Waals surface area contributed by atoms with E-state index in [1.165, 1.54) is 0 Å². The zero-order valence-electron chi connectivity index (χ0n) is 13.9. The van der Waals surface area contributed by atoms with Crippen LogP contribution in [0.25, 0.3) is 0 Å². The molecule has 23 heavy (non-hydrogen) atoms. The van der Waals surface area contributed by atoms with Gasteiger partial charge in [0.05, 0.1) is 26.4 Å². The van der Waals surface area contributed by atoms with Gasteiger partial charge < -0.3 is 24.6 Å². The highest BCUT2D eigenvalue weighted by molar-refractivity contribution is 5.39. The molecule has 1 aromatic carbocycles. The summed E-state index contributed by atoms with van der Waals surface area (Å²) in [6, 6.07) is 7.52. The van der Waals surface area contributed by atoms with E-state index in [-0.39, 0.29) is 0 Å². The van der Waals surface area contributed by atoms with Crippen molar-refractivity contribution in [2.75, 3.05) is 40.0 Å². The standard InChI is InChI=1S/C18H27NO4/c1-3-4-5-8-12-22-15-16(20)14-19-11-13-23-18-10-7-6-9-17(18)21-2/h3-10,16,19-20H,11-15H2,1-2H3/b4-3+,8-5+/t16-/m1/s1. The van der Waals surface area contributed by atoms with Crippen molar-refractivity contribution < 1.29 is 19.3 Å². The van der Waals surface area contributed by atoms with Crippen molar-refractivity contribution in [1.29, 1.82) is 0 Å². The van der Waals surface area contributed by atoms with E-state index >= 15 is 0 Å². The number of para-hydroxylation sites is 2. The monoisotopic (exact) mass is 321 g/mol. The minimum atomic E-state index is -0.531. The molecular formula is C18H27NO4. The van der Waals surface area contributed by atoms with Gasteiger partial charge in [-0.2, -0.15) is 0 Å². The van der Waals surface area contributed by atoms with Crippen LogP contribution in [-0.4, -0.2) is 51.2 Å². The van der Waals surface area contributed by atoms with Crippen molar-refractivity contribution in [3.63, 3.8) is 0 Å². The lowest BCUT2D eigenvalue weighted by atomic mass is 10.3. The van der Waals surface area contributed by atoms with Gasteiger partial charge in [-0.25, -0.2) is 0 Å². The highest BCUT2D eigenvalue weighted by atomic mass is 16.5. The Balaban J connectivity index is 2.06. The van der Waals surface area contributed by atoms with Crippen molar-refractivity contribution in [1.82, 2.24) is 5.32 Å². The van der Waals surface area contributed by atoms with Crippen molar-refractivity contribution in [2.45, 2.75) is 13.0 Å². The Morgan fingerprint density at radius 2 is 2.00 bits per heavy atom. The molecule has 2 N–H and O–H groups in total. The Morgan fingerprint density at radius 3 is 2.74 bits per heavy atom. The summed E-state index contributed by atoms with van der Waals surface area (Å²) >= 11 is 0. The number of aliphatic hydroxyl groups excluding tert-OH is 1. The van der Waals surface area contributed by atoms with Crippen LogP contribution >= 0.6 is 0 Å². The zero-order chi connectivity index (χ0) is 16.8. The minimum Gasteiger partial charge on any atom is -0.493 e. The molecule has 1 atom stereocenters. The SMILES string of the molecule is C/C=C/C=C/COC[C@H](O)CNCCOc1ccccc1OC.